The highest BCUT2D eigenvalue weighted by Crippen LogP contribution is 2.19. The van der Waals surface area contributed by atoms with Crippen molar-refractivity contribution in [3.63, 3.8) is 0 Å². The standard InChI is InChI=1S/C31H51N9O4/c1-23-19-27(37-25-11-17-40(18-12-25)29(41)10-16-33-21-30(42)43)39-31(36-23)35-20-28-38-26(22-44-28)9-5-13-32-14-6-15-34-24-7-3-2-4-8-24/h19,22,24-25,32-34H,2-18,20-21H2,1H3,(H,42,43)(H2,35,36,37,39). The van der Waals surface area contributed by atoms with Crippen molar-refractivity contribution in [2.45, 2.75) is 96.2 Å². The molecule has 1 saturated heterocycles. The Hall–Kier alpha value is -3.29. The van der Waals surface area contributed by atoms with Crippen molar-refractivity contribution in [3.8, 4) is 0 Å². The predicted molar refractivity (Wildman–Crippen MR) is 170 cm³/mol. The number of rotatable bonds is 19. The fourth-order valence-corrected chi connectivity index (χ4v) is 5.80. The van der Waals surface area contributed by atoms with Crippen molar-refractivity contribution in [1.82, 2.24) is 35.8 Å². The smallest absolute Gasteiger partial charge is 0.317 e. The fraction of sp³-hybridized carbons (Fsp3) is 0.710. The molecule has 1 saturated carbocycles. The fourth-order valence-electron chi connectivity index (χ4n) is 5.80. The molecule has 44 heavy (non-hydrogen) atoms. The van der Waals surface area contributed by atoms with Gasteiger partial charge in [0.25, 0.3) is 0 Å². The van der Waals surface area contributed by atoms with Gasteiger partial charge in [-0.3, -0.25) is 9.59 Å². The zero-order valence-corrected chi connectivity index (χ0v) is 26.2. The minimum Gasteiger partial charge on any atom is -0.480 e. The average molecular weight is 614 g/mol. The molecule has 0 atom stereocenters. The summed E-state index contributed by atoms with van der Waals surface area (Å²) in [5.41, 5.74) is 1.80. The molecule has 2 aromatic rings. The monoisotopic (exact) mass is 613 g/mol. The number of aryl methyl sites for hydroxylation is 2. The van der Waals surface area contributed by atoms with Crippen LogP contribution in [-0.2, 0) is 22.6 Å². The van der Waals surface area contributed by atoms with E-state index in [0.717, 1.165) is 75.0 Å². The number of oxazole rings is 1. The second-order valence-electron chi connectivity index (χ2n) is 11.9. The summed E-state index contributed by atoms with van der Waals surface area (Å²) in [5, 5.41) is 25.4. The summed E-state index contributed by atoms with van der Waals surface area (Å²) in [6, 6.07) is 2.85. The van der Waals surface area contributed by atoms with Crippen LogP contribution in [-0.4, -0.2) is 94.7 Å². The molecule has 13 nitrogen and oxygen atoms in total. The molecule has 2 aromatic heterocycles. The highest BCUT2D eigenvalue weighted by atomic mass is 16.4. The summed E-state index contributed by atoms with van der Waals surface area (Å²) in [5.74, 6) is 0.984. The largest absolute Gasteiger partial charge is 0.480 e. The minimum atomic E-state index is -0.924. The van der Waals surface area contributed by atoms with Crippen molar-refractivity contribution in [2.24, 2.45) is 0 Å². The lowest BCUT2D eigenvalue weighted by molar-refractivity contribution is -0.136. The molecular formula is C31H51N9O4. The molecule has 1 aliphatic carbocycles. The molecule has 0 aromatic carbocycles. The zero-order valence-electron chi connectivity index (χ0n) is 26.2. The Bertz CT molecular complexity index is 1150. The van der Waals surface area contributed by atoms with E-state index in [-0.39, 0.29) is 18.5 Å². The number of hydrogen-bond donors (Lipinski definition) is 6. The van der Waals surface area contributed by atoms with Crippen LogP contribution in [0.3, 0.4) is 0 Å². The van der Waals surface area contributed by atoms with Crippen LogP contribution in [0.25, 0.3) is 0 Å². The maximum Gasteiger partial charge on any atom is 0.317 e. The predicted octanol–water partition coefficient (Wildman–Crippen LogP) is 2.69. The first-order chi connectivity index (χ1) is 21.4. The van der Waals surface area contributed by atoms with Gasteiger partial charge in [-0.05, 0) is 71.5 Å². The summed E-state index contributed by atoms with van der Waals surface area (Å²) in [6.45, 7) is 6.98. The van der Waals surface area contributed by atoms with Gasteiger partial charge in [0.2, 0.25) is 17.7 Å². The van der Waals surface area contributed by atoms with Crippen molar-refractivity contribution < 1.29 is 19.1 Å². The molecule has 2 aliphatic rings. The Labute approximate surface area is 260 Å². The van der Waals surface area contributed by atoms with Crippen LogP contribution in [0.5, 0.6) is 0 Å². The lowest BCUT2D eigenvalue weighted by Crippen LogP contribution is -2.43. The van der Waals surface area contributed by atoms with E-state index >= 15 is 0 Å². The number of aliphatic carboxylic acids is 1. The van der Waals surface area contributed by atoms with E-state index in [1.807, 2.05) is 17.9 Å². The van der Waals surface area contributed by atoms with E-state index in [1.165, 1.54) is 32.1 Å². The summed E-state index contributed by atoms with van der Waals surface area (Å²) in [6.07, 6.45) is 13.5. The molecule has 0 spiro atoms. The van der Waals surface area contributed by atoms with Crippen LogP contribution >= 0.6 is 0 Å². The van der Waals surface area contributed by atoms with Gasteiger partial charge in [0.15, 0.2) is 0 Å². The molecule has 3 heterocycles. The molecular weight excluding hydrogens is 562 g/mol. The number of likely N-dealkylation sites (tertiary alicyclic amines) is 1. The molecule has 1 amide bonds. The molecule has 13 heteroatoms. The van der Waals surface area contributed by atoms with Crippen molar-refractivity contribution in [1.29, 1.82) is 0 Å². The number of nitrogens with one attached hydrogen (secondary N) is 5. The van der Waals surface area contributed by atoms with E-state index in [9.17, 15) is 9.59 Å². The highest BCUT2D eigenvalue weighted by molar-refractivity contribution is 5.76. The number of nitrogens with zero attached hydrogens (tertiary/aromatic N) is 4. The summed E-state index contributed by atoms with van der Waals surface area (Å²) >= 11 is 0. The summed E-state index contributed by atoms with van der Waals surface area (Å²) in [4.78, 5) is 38.6. The van der Waals surface area contributed by atoms with Gasteiger partial charge >= 0.3 is 5.97 Å². The second kappa shape index (κ2) is 18.5. The van der Waals surface area contributed by atoms with Crippen LogP contribution in [0.1, 0.15) is 81.5 Å². The topological polar surface area (TPSA) is 170 Å². The van der Waals surface area contributed by atoms with Gasteiger partial charge in [0.1, 0.15) is 12.1 Å². The third kappa shape index (κ3) is 12.4. The Morgan fingerprint density at radius 3 is 2.55 bits per heavy atom. The quantitative estimate of drug-likeness (QED) is 0.128. The lowest BCUT2D eigenvalue weighted by atomic mass is 9.95. The van der Waals surface area contributed by atoms with Crippen molar-refractivity contribution >= 4 is 23.6 Å². The number of piperidine rings is 1. The molecule has 244 valence electrons. The average Bonchev–Trinajstić information content (AvgIpc) is 3.48. The van der Waals surface area contributed by atoms with Gasteiger partial charge in [-0.1, -0.05) is 19.3 Å². The first kappa shape index (κ1) is 33.6. The molecule has 0 bridgehead atoms. The maximum atomic E-state index is 12.4. The van der Waals surface area contributed by atoms with E-state index < -0.39 is 5.97 Å². The van der Waals surface area contributed by atoms with Crippen LogP contribution in [0.2, 0.25) is 0 Å². The Morgan fingerprint density at radius 2 is 1.75 bits per heavy atom. The Kier molecular flexibility index (Phi) is 14.1. The number of carbonyl (C=O) groups excluding carboxylic acids is 1. The van der Waals surface area contributed by atoms with Crippen LogP contribution in [0, 0.1) is 6.92 Å². The zero-order chi connectivity index (χ0) is 31.0. The number of amides is 1. The van der Waals surface area contributed by atoms with Crippen molar-refractivity contribution in [2.75, 3.05) is 56.4 Å². The number of carboxylic acid groups (broad SMARTS) is 1. The van der Waals surface area contributed by atoms with Crippen molar-refractivity contribution in [3.05, 3.63) is 29.6 Å². The van der Waals surface area contributed by atoms with Crippen LogP contribution in [0.15, 0.2) is 16.7 Å². The first-order valence-corrected chi connectivity index (χ1v) is 16.4. The third-order valence-corrected chi connectivity index (χ3v) is 8.20. The lowest BCUT2D eigenvalue weighted by Gasteiger charge is -2.32. The molecule has 2 fully saturated rings. The molecule has 1 aliphatic heterocycles. The van der Waals surface area contributed by atoms with E-state index in [1.54, 1.807) is 6.26 Å². The van der Waals surface area contributed by atoms with Gasteiger partial charge in [0, 0.05) is 49.9 Å². The SMILES string of the molecule is Cc1cc(NC2CCN(C(=O)CCNCC(=O)O)CC2)nc(NCc2nc(CCCNCCCNC3CCCCC3)co2)n1. The number of carbonyl (C=O) groups is 2. The van der Waals surface area contributed by atoms with Gasteiger partial charge < -0.3 is 41.0 Å². The van der Waals surface area contributed by atoms with E-state index in [2.05, 4.69) is 41.5 Å². The molecule has 4 rings (SSSR count). The summed E-state index contributed by atoms with van der Waals surface area (Å²) in [7, 11) is 0. The molecule has 0 unspecified atom stereocenters. The van der Waals surface area contributed by atoms with Gasteiger partial charge in [-0.15, -0.1) is 0 Å². The van der Waals surface area contributed by atoms with E-state index in [4.69, 9.17) is 9.52 Å². The maximum absolute atomic E-state index is 12.4. The van der Waals surface area contributed by atoms with Gasteiger partial charge in [0.05, 0.1) is 18.8 Å². The summed E-state index contributed by atoms with van der Waals surface area (Å²) < 4.78 is 5.67. The van der Waals surface area contributed by atoms with Crippen LogP contribution in [0.4, 0.5) is 11.8 Å². The molecule has 6 N–H and O–H groups in total. The van der Waals surface area contributed by atoms with Gasteiger partial charge in [-0.25, -0.2) is 9.97 Å². The molecule has 0 radical (unpaired) electrons. The number of carboxylic acids is 1. The normalized spacial score (nSPS) is 16.2. The van der Waals surface area contributed by atoms with E-state index in [0.29, 0.717) is 44.4 Å². The minimum absolute atomic E-state index is 0.0464. The number of aromatic nitrogens is 3. The van der Waals surface area contributed by atoms with Gasteiger partial charge in [-0.2, -0.15) is 4.98 Å². The number of anilines is 2. The second-order valence-corrected chi connectivity index (χ2v) is 11.9. The first-order valence-electron chi connectivity index (χ1n) is 16.4. The highest BCUT2D eigenvalue weighted by Gasteiger charge is 2.23. The van der Waals surface area contributed by atoms with Crippen LogP contribution < -0.4 is 26.6 Å². The Morgan fingerprint density at radius 1 is 0.955 bits per heavy atom. The third-order valence-electron chi connectivity index (χ3n) is 8.20. The Balaban J connectivity index is 1.09. The number of hydrogen-bond acceptors (Lipinski definition) is 11.